The molecule has 1 N–H and O–H groups in total. The van der Waals surface area contributed by atoms with Gasteiger partial charge in [-0.15, -0.1) is 11.3 Å². The van der Waals surface area contributed by atoms with Crippen LogP contribution in [0.1, 0.15) is 40.3 Å². The van der Waals surface area contributed by atoms with Gasteiger partial charge in [-0.2, -0.15) is 0 Å². The third kappa shape index (κ3) is 1.90. The molecule has 0 amide bonds. The second-order valence-electron chi connectivity index (χ2n) is 5.20. The van der Waals surface area contributed by atoms with Crippen LogP contribution in [0.15, 0.2) is 12.1 Å². The number of thiophene rings is 1. The van der Waals surface area contributed by atoms with Crippen molar-refractivity contribution in [1.29, 1.82) is 0 Å². The third-order valence-corrected chi connectivity index (χ3v) is 4.91. The lowest BCUT2D eigenvalue weighted by molar-refractivity contribution is 0.821. The number of rotatable bonds is 3. The summed E-state index contributed by atoms with van der Waals surface area (Å²) in [6.07, 6.45) is 2.77. The number of aryl methyl sites for hydroxylation is 2. The maximum atomic E-state index is 3.31. The summed E-state index contributed by atoms with van der Waals surface area (Å²) >= 11 is 1.99. The highest BCUT2D eigenvalue weighted by molar-refractivity contribution is 7.19. The van der Waals surface area contributed by atoms with Crippen molar-refractivity contribution in [2.24, 2.45) is 0 Å². The molecule has 1 aromatic heterocycles. The standard InChI is InChI=1S/C15H19NS/c1-9-6-10(2)15-12(7-9)14(11-4-5-11)13(17-15)8-16-3/h6-7,11,16H,4-5,8H2,1-3H3. The van der Waals surface area contributed by atoms with Crippen LogP contribution in [-0.4, -0.2) is 7.05 Å². The molecule has 0 saturated heterocycles. The Morgan fingerprint density at radius 3 is 2.71 bits per heavy atom. The predicted molar refractivity (Wildman–Crippen MR) is 76.0 cm³/mol. The molecule has 90 valence electrons. The predicted octanol–water partition coefficient (Wildman–Crippen LogP) is 4.11. The monoisotopic (exact) mass is 245 g/mol. The second-order valence-corrected chi connectivity index (χ2v) is 6.31. The highest BCUT2D eigenvalue weighted by atomic mass is 32.1. The van der Waals surface area contributed by atoms with Gasteiger partial charge in [0.1, 0.15) is 0 Å². The Balaban J connectivity index is 2.26. The molecule has 1 aliphatic rings. The minimum Gasteiger partial charge on any atom is -0.315 e. The van der Waals surface area contributed by atoms with E-state index in [1.807, 2.05) is 18.4 Å². The number of fused-ring (bicyclic) bond motifs is 1. The van der Waals surface area contributed by atoms with Crippen LogP contribution >= 0.6 is 11.3 Å². The molecule has 3 rings (SSSR count). The summed E-state index contributed by atoms with van der Waals surface area (Å²) in [6.45, 7) is 5.47. The number of benzene rings is 1. The molecular weight excluding hydrogens is 226 g/mol. The largest absolute Gasteiger partial charge is 0.315 e. The maximum absolute atomic E-state index is 3.31. The van der Waals surface area contributed by atoms with Gasteiger partial charge in [0.2, 0.25) is 0 Å². The Morgan fingerprint density at radius 1 is 1.29 bits per heavy atom. The van der Waals surface area contributed by atoms with Crippen LogP contribution < -0.4 is 5.32 Å². The molecule has 2 heteroatoms. The molecule has 1 aromatic carbocycles. The fourth-order valence-corrected chi connectivity index (χ4v) is 4.08. The molecule has 1 saturated carbocycles. The molecule has 0 spiro atoms. The fourth-order valence-electron chi connectivity index (χ4n) is 2.73. The molecule has 1 fully saturated rings. The minimum atomic E-state index is 0.841. The van der Waals surface area contributed by atoms with E-state index in [0.717, 1.165) is 12.5 Å². The molecule has 1 heterocycles. The molecular formula is C15H19NS. The van der Waals surface area contributed by atoms with Gasteiger partial charge in [-0.05, 0) is 56.2 Å². The van der Waals surface area contributed by atoms with Gasteiger partial charge in [0, 0.05) is 16.1 Å². The summed E-state index contributed by atoms with van der Waals surface area (Å²) in [7, 11) is 2.04. The molecule has 0 radical (unpaired) electrons. The van der Waals surface area contributed by atoms with Crippen LogP contribution in [0.5, 0.6) is 0 Å². The normalized spacial score (nSPS) is 15.7. The van der Waals surface area contributed by atoms with Crippen molar-refractivity contribution in [1.82, 2.24) is 5.32 Å². The van der Waals surface area contributed by atoms with E-state index in [-0.39, 0.29) is 0 Å². The smallest absolute Gasteiger partial charge is 0.0378 e. The average molecular weight is 245 g/mol. The zero-order valence-electron chi connectivity index (χ0n) is 10.8. The molecule has 0 atom stereocenters. The van der Waals surface area contributed by atoms with E-state index < -0.39 is 0 Å². The quantitative estimate of drug-likeness (QED) is 0.858. The van der Waals surface area contributed by atoms with Crippen molar-refractivity contribution >= 4 is 21.4 Å². The Bertz CT molecular complexity index is 564. The van der Waals surface area contributed by atoms with Gasteiger partial charge in [-0.1, -0.05) is 17.7 Å². The Labute approximate surface area is 107 Å². The lowest BCUT2D eigenvalue weighted by Crippen LogP contribution is -2.04. The van der Waals surface area contributed by atoms with Gasteiger partial charge < -0.3 is 5.32 Å². The van der Waals surface area contributed by atoms with Gasteiger partial charge in [0.25, 0.3) is 0 Å². The Kier molecular flexibility index (Phi) is 2.72. The van der Waals surface area contributed by atoms with Crippen LogP contribution in [0.2, 0.25) is 0 Å². The van der Waals surface area contributed by atoms with Gasteiger partial charge in [-0.25, -0.2) is 0 Å². The van der Waals surface area contributed by atoms with Crippen LogP contribution in [0.4, 0.5) is 0 Å². The minimum absolute atomic E-state index is 0.841. The van der Waals surface area contributed by atoms with E-state index >= 15 is 0 Å². The van der Waals surface area contributed by atoms with Crippen LogP contribution in [0.3, 0.4) is 0 Å². The van der Waals surface area contributed by atoms with Crippen molar-refractivity contribution in [3.8, 4) is 0 Å². The summed E-state index contributed by atoms with van der Waals surface area (Å²) in [5.74, 6) is 0.841. The fraction of sp³-hybridized carbons (Fsp3) is 0.467. The first kappa shape index (κ1) is 11.2. The first-order valence-corrected chi connectivity index (χ1v) is 7.19. The lowest BCUT2D eigenvalue weighted by Gasteiger charge is -2.03. The zero-order valence-corrected chi connectivity index (χ0v) is 11.6. The first-order chi connectivity index (χ1) is 8.20. The molecule has 2 aromatic rings. The molecule has 0 aliphatic heterocycles. The van der Waals surface area contributed by atoms with Crippen molar-refractivity contribution in [2.45, 2.75) is 39.2 Å². The van der Waals surface area contributed by atoms with Crippen molar-refractivity contribution < 1.29 is 0 Å². The number of nitrogens with one attached hydrogen (secondary N) is 1. The van der Waals surface area contributed by atoms with E-state index in [1.165, 1.54) is 34.1 Å². The van der Waals surface area contributed by atoms with E-state index in [1.54, 1.807) is 10.4 Å². The summed E-state index contributed by atoms with van der Waals surface area (Å²) < 4.78 is 1.50. The van der Waals surface area contributed by atoms with Gasteiger partial charge in [0.15, 0.2) is 0 Å². The summed E-state index contributed by atoms with van der Waals surface area (Å²) in [5.41, 5.74) is 4.48. The summed E-state index contributed by atoms with van der Waals surface area (Å²) in [5, 5.41) is 4.84. The van der Waals surface area contributed by atoms with Gasteiger partial charge >= 0.3 is 0 Å². The maximum Gasteiger partial charge on any atom is 0.0378 e. The summed E-state index contributed by atoms with van der Waals surface area (Å²) in [6, 6.07) is 4.68. The topological polar surface area (TPSA) is 12.0 Å². The van der Waals surface area contributed by atoms with E-state index in [4.69, 9.17) is 0 Å². The summed E-state index contributed by atoms with van der Waals surface area (Å²) in [4.78, 5) is 1.55. The number of hydrogen-bond donors (Lipinski definition) is 1. The molecule has 1 nitrogen and oxygen atoms in total. The van der Waals surface area contributed by atoms with E-state index in [9.17, 15) is 0 Å². The third-order valence-electron chi connectivity index (χ3n) is 3.56. The lowest BCUT2D eigenvalue weighted by atomic mass is 10.0. The highest BCUT2D eigenvalue weighted by Crippen LogP contribution is 2.48. The first-order valence-electron chi connectivity index (χ1n) is 6.38. The average Bonchev–Trinajstić information content (AvgIpc) is 3.03. The molecule has 1 aliphatic carbocycles. The SMILES string of the molecule is CNCc1sc2c(C)cc(C)cc2c1C1CC1. The Hall–Kier alpha value is -0.860. The molecule has 0 unspecified atom stereocenters. The van der Waals surface area contributed by atoms with Crippen LogP contribution in [0, 0.1) is 13.8 Å². The van der Waals surface area contributed by atoms with E-state index in [0.29, 0.717) is 0 Å². The molecule has 17 heavy (non-hydrogen) atoms. The van der Waals surface area contributed by atoms with Crippen molar-refractivity contribution in [2.75, 3.05) is 7.05 Å². The van der Waals surface area contributed by atoms with E-state index in [2.05, 4.69) is 31.3 Å². The highest BCUT2D eigenvalue weighted by Gasteiger charge is 2.29. The zero-order chi connectivity index (χ0) is 12.0. The Morgan fingerprint density at radius 2 is 2.06 bits per heavy atom. The molecule has 0 bridgehead atoms. The second kappa shape index (κ2) is 4.11. The van der Waals surface area contributed by atoms with Crippen LogP contribution in [0.25, 0.3) is 10.1 Å². The van der Waals surface area contributed by atoms with Gasteiger partial charge in [0.05, 0.1) is 0 Å². The van der Waals surface area contributed by atoms with Crippen molar-refractivity contribution in [3.63, 3.8) is 0 Å². The van der Waals surface area contributed by atoms with Crippen LogP contribution in [-0.2, 0) is 6.54 Å². The number of hydrogen-bond acceptors (Lipinski definition) is 2. The van der Waals surface area contributed by atoms with Gasteiger partial charge in [-0.3, -0.25) is 0 Å². The van der Waals surface area contributed by atoms with Crippen molar-refractivity contribution in [3.05, 3.63) is 33.7 Å².